The maximum Gasteiger partial charge on any atom is 0.410 e. The molecule has 2 aliphatic rings. The zero-order valence-electron chi connectivity index (χ0n) is 23.1. The van der Waals surface area contributed by atoms with Gasteiger partial charge in [0.1, 0.15) is 5.60 Å². The molecule has 9 nitrogen and oxygen atoms in total. The summed E-state index contributed by atoms with van der Waals surface area (Å²) in [5.41, 5.74) is 1.00. The van der Waals surface area contributed by atoms with Gasteiger partial charge in [0.05, 0.1) is 11.5 Å². The van der Waals surface area contributed by atoms with Crippen LogP contribution in [-0.4, -0.2) is 63.8 Å². The first kappa shape index (κ1) is 29.0. The van der Waals surface area contributed by atoms with E-state index in [0.29, 0.717) is 25.1 Å². The summed E-state index contributed by atoms with van der Waals surface area (Å²) in [5, 5.41) is 0. The topological polar surface area (TPSA) is 111 Å². The third kappa shape index (κ3) is 6.98. The largest absolute Gasteiger partial charge is 0.463 e. The van der Waals surface area contributed by atoms with E-state index in [4.69, 9.17) is 14.2 Å². The number of methoxy groups -OCH3 is 1. The summed E-state index contributed by atoms with van der Waals surface area (Å²) in [5.74, 6) is -0.900. The molecule has 212 valence electrons. The molecule has 2 fully saturated rings. The monoisotopic (exact) mass is 558 g/mol. The molecule has 1 aliphatic carbocycles. The van der Waals surface area contributed by atoms with Crippen molar-refractivity contribution in [3.63, 3.8) is 0 Å². The second kappa shape index (κ2) is 11.7. The summed E-state index contributed by atoms with van der Waals surface area (Å²) in [6.07, 6.45) is -0.690. The average Bonchev–Trinajstić information content (AvgIpc) is 3.42. The molecule has 1 saturated carbocycles. The first-order chi connectivity index (χ1) is 18.4. The van der Waals surface area contributed by atoms with E-state index in [1.165, 1.54) is 7.11 Å². The highest BCUT2D eigenvalue weighted by Gasteiger charge is 2.51. The standard InChI is InChI=1S/C29H38N2O7S/c1-19-11-13-23(14-12-19)39(34,35)30-25-22(18-37-27(32)26(36-5)20-9-7-6-8-10-20)15-21-16-31(17-24(21)25)28(33)38-29(2,3)4/h6-14,21-22,24-26,30H,15-18H2,1-5H3/t21-,22+,24+,25+,26-/m1/s1. The first-order valence-electron chi connectivity index (χ1n) is 13.2. The number of hydrogen-bond acceptors (Lipinski definition) is 7. The fourth-order valence-electron chi connectivity index (χ4n) is 5.49. The number of amides is 1. The Bertz CT molecular complexity index is 1260. The Morgan fingerprint density at radius 3 is 2.33 bits per heavy atom. The van der Waals surface area contributed by atoms with E-state index in [0.717, 1.165) is 5.56 Å². The summed E-state index contributed by atoms with van der Waals surface area (Å²) in [7, 11) is -2.40. The maximum atomic E-state index is 13.4. The van der Waals surface area contributed by atoms with E-state index in [2.05, 4.69) is 4.72 Å². The molecule has 1 heterocycles. The minimum Gasteiger partial charge on any atom is -0.463 e. The maximum absolute atomic E-state index is 13.4. The van der Waals surface area contributed by atoms with Crippen molar-refractivity contribution in [3.8, 4) is 0 Å². The van der Waals surface area contributed by atoms with Gasteiger partial charge in [-0.1, -0.05) is 48.0 Å². The molecule has 4 rings (SSSR count). The Kier molecular flexibility index (Phi) is 8.68. The van der Waals surface area contributed by atoms with Gasteiger partial charge in [-0.15, -0.1) is 0 Å². The van der Waals surface area contributed by atoms with Gasteiger partial charge in [0, 0.05) is 32.2 Å². The molecule has 0 spiro atoms. The third-order valence-corrected chi connectivity index (χ3v) is 8.81. The minimum atomic E-state index is -3.85. The lowest BCUT2D eigenvalue weighted by atomic mass is 9.97. The number of esters is 1. The van der Waals surface area contributed by atoms with Gasteiger partial charge in [0.15, 0.2) is 6.10 Å². The molecule has 0 radical (unpaired) electrons. The van der Waals surface area contributed by atoms with Crippen LogP contribution in [0.15, 0.2) is 59.5 Å². The number of aryl methyl sites for hydroxylation is 1. The van der Waals surface area contributed by atoms with E-state index >= 15 is 0 Å². The van der Waals surface area contributed by atoms with Crippen molar-refractivity contribution >= 4 is 22.1 Å². The molecule has 1 saturated heterocycles. The van der Waals surface area contributed by atoms with Gasteiger partial charge >= 0.3 is 12.1 Å². The van der Waals surface area contributed by atoms with Crippen LogP contribution >= 0.6 is 0 Å². The number of likely N-dealkylation sites (tertiary alicyclic amines) is 1. The van der Waals surface area contributed by atoms with Gasteiger partial charge in [0.2, 0.25) is 10.0 Å². The number of hydrogen-bond donors (Lipinski definition) is 1. The Morgan fingerprint density at radius 1 is 1.05 bits per heavy atom. The number of ether oxygens (including phenoxy) is 3. The lowest BCUT2D eigenvalue weighted by Crippen LogP contribution is -2.45. The zero-order valence-corrected chi connectivity index (χ0v) is 23.9. The smallest absolute Gasteiger partial charge is 0.410 e. The van der Waals surface area contributed by atoms with E-state index in [9.17, 15) is 18.0 Å². The molecule has 1 N–H and O–H groups in total. The second-order valence-electron chi connectivity index (χ2n) is 11.4. The molecule has 10 heteroatoms. The van der Waals surface area contributed by atoms with Crippen LogP contribution in [0.3, 0.4) is 0 Å². The van der Waals surface area contributed by atoms with Gasteiger partial charge in [-0.2, -0.15) is 0 Å². The van der Waals surface area contributed by atoms with Crippen LogP contribution in [0.25, 0.3) is 0 Å². The van der Waals surface area contributed by atoms with Crippen molar-refractivity contribution in [2.75, 3.05) is 26.8 Å². The Hall–Kier alpha value is -2.95. The number of benzene rings is 2. The van der Waals surface area contributed by atoms with Crippen molar-refractivity contribution in [2.45, 2.75) is 56.8 Å². The molecule has 0 aromatic heterocycles. The van der Waals surface area contributed by atoms with Crippen LogP contribution in [0, 0.1) is 24.7 Å². The van der Waals surface area contributed by atoms with Crippen molar-refractivity contribution < 1.29 is 32.2 Å². The number of nitrogens with one attached hydrogen (secondary N) is 1. The van der Waals surface area contributed by atoms with E-state index in [1.807, 2.05) is 45.9 Å². The van der Waals surface area contributed by atoms with E-state index in [-0.39, 0.29) is 29.3 Å². The van der Waals surface area contributed by atoms with Gasteiger partial charge in [0.25, 0.3) is 0 Å². The van der Waals surface area contributed by atoms with E-state index < -0.39 is 39.8 Å². The second-order valence-corrected chi connectivity index (χ2v) is 13.1. The average molecular weight is 559 g/mol. The SMILES string of the molecule is CO[C@@H](C(=O)OC[C@@H]1C[C@@H]2CN(C(=O)OC(C)(C)C)C[C@@H]2[C@H]1NS(=O)(=O)c1ccc(C)cc1)c1ccccc1. The highest BCUT2D eigenvalue weighted by Crippen LogP contribution is 2.43. The Labute approximate surface area is 230 Å². The van der Waals surface area contributed by atoms with Crippen molar-refractivity contribution in [1.29, 1.82) is 0 Å². The lowest BCUT2D eigenvalue weighted by Gasteiger charge is -2.28. The molecule has 39 heavy (non-hydrogen) atoms. The van der Waals surface area contributed by atoms with Gasteiger partial charge in [-0.25, -0.2) is 22.7 Å². The van der Waals surface area contributed by atoms with Gasteiger partial charge < -0.3 is 19.1 Å². The fourth-order valence-corrected chi connectivity index (χ4v) is 6.85. The molecule has 0 unspecified atom stereocenters. The molecule has 2 aromatic rings. The van der Waals surface area contributed by atoms with Crippen molar-refractivity contribution in [1.82, 2.24) is 9.62 Å². The third-order valence-electron chi connectivity index (χ3n) is 7.33. The predicted molar refractivity (Wildman–Crippen MR) is 145 cm³/mol. The normalized spacial score (nSPS) is 23.8. The Morgan fingerprint density at radius 2 is 1.72 bits per heavy atom. The van der Waals surface area contributed by atoms with Crippen LogP contribution in [0.5, 0.6) is 0 Å². The van der Waals surface area contributed by atoms with Gasteiger partial charge in [-0.05, 0) is 63.6 Å². The molecular formula is C29H38N2O7S. The molecule has 1 amide bonds. The molecule has 5 atom stereocenters. The molecule has 1 aliphatic heterocycles. The molecule has 2 aromatic carbocycles. The summed E-state index contributed by atoms with van der Waals surface area (Å²) >= 11 is 0. The number of carbonyl (C=O) groups excluding carboxylic acids is 2. The molecular weight excluding hydrogens is 520 g/mol. The zero-order chi connectivity index (χ0) is 28.4. The molecule has 0 bridgehead atoms. The first-order valence-corrected chi connectivity index (χ1v) is 14.7. The number of fused-ring (bicyclic) bond motifs is 1. The number of sulfonamides is 1. The highest BCUT2D eigenvalue weighted by atomic mass is 32.2. The summed E-state index contributed by atoms with van der Waals surface area (Å²) < 4.78 is 46.3. The predicted octanol–water partition coefficient (Wildman–Crippen LogP) is 4.08. The summed E-state index contributed by atoms with van der Waals surface area (Å²) in [4.78, 5) is 27.5. The number of rotatable bonds is 8. The summed E-state index contributed by atoms with van der Waals surface area (Å²) in [6, 6.07) is 15.2. The quantitative estimate of drug-likeness (QED) is 0.486. The minimum absolute atomic E-state index is 0.0338. The van der Waals surface area contributed by atoms with E-state index in [1.54, 1.807) is 41.3 Å². The lowest BCUT2D eigenvalue weighted by molar-refractivity contribution is -0.157. The highest BCUT2D eigenvalue weighted by molar-refractivity contribution is 7.89. The van der Waals surface area contributed by atoms with Crippen molar-refractivity contribution in [2.24, 2.45) is 17.8 Å². The van der Waals surface area contributed by atoms with Gasteiger partial charge in [-0.3, -0.25) is 0 Å². The van der Waals surface area contributed by atoms with Crippen LogP contribution in [0.2, 0.25) is 0 Å². The van der Waals surface area contributed by atoms with Crippen LogP contribution in [0.1, 0.15) is 44.4 Å². The Balaban J connectivity index is 1.51. The van der Waals surface area contributed by atoms with Crippen LogP contribution < -0.4 is 4.72 Å². The number of carbonyl (C=O) groups is 2. The van der Waals surface area contributed by atoms with Crippen LogP contribution in [-0.2, 0) is 29.0 Å². The van der Waals surface area contributed by atoms with Crippen LogP contribution in [0.4, 0.5) is 4.79 Å². The summed E-state index contributed by atoms with van der Waals surface area (Å²) in [6.45, 7) is 8.18. The van der Waals surface area contributed by atoms with Crippen molar-refractivity contribution in [3.05, 3.63) is 65.7 Å². The fraction of sp³-hybridized carbons (Fsp3) is 0.517. The number of nitrogens with zero attached hydrogens (tertiary/aromatic N) is 1.